The summed E-state index contributed by atoms with van der Waals surface area (Å²) in [6.45, 7) is 2.63. The van der Waals surface area contributed by atoms with E-state index in [4.69, 9.17) is 4.74 Å². The van der Waals surface area contributed by atoms with Crippen LogP contribution in [0.5, 0.6) is 5.75 Å². The molecule has 0 radical (unpaired) electrons. The van der Waals surface area contributed by atoms with Gasteiger partial charge in [0.2, 0.25) is 4.96 Å². The molecule has 1 atom stereocenters. The normalized spacial score (nSPS) is 18.6. The lowest BCUT2D eigenvalue weighted by Crippen LogP contribution is -2.03. The van der Waals surface area contributed by atoms with E-state index in [9.17, 15) is 5.11 Å². The summed E-state index contributed by atoms with van der Waals surface area (Å²) in [7, 11) is 0. The Morgan fingerprint density at radius 1 is 1.38 bits per heavy atom. The highest BCUT2D eigenvalue weighted by Crippen LogP contribution is 2.35. The fraction of sp³-hybridized carbons (Fsp3) is 0.357. The van der Waals surface area contributed by atoms with Crippen LogP contribution in [0.3, 0.4) is 0 Å². The lowest BCUT2D eigenvalue weighted by Gasteiger charge is -2.05. The van der Waals surface area contributed by atoms with Gasteiger partial charge in [0.15, 0.2) is 10.8 Å². The number of phenolic OH excluding ortho intramolecular Hbond substituents is 1. The fourth-order valence-corrected chi connectivity index (χ4v) is 3.43. The number of para-hydroxylation sites is 1. The van der Waals surface area contributed by atoms with Crippen molar-refractivity contribution in [1.29, 1.82) is 0 Å². The lowest BCUT2D eigenvalue weighted by molar-refractivity contribution is 0.103. The van der Waals surface area contributed by atoms with Gasteiger partial charge in [-0.2, -0.15) is 9.61 Å². The number of rotatable bonds is 2. The molecule has 4 rings (SSSR count). The Morgan fingerprint density at radius 2 is 2.29 bits per heavy atom. The van der Waals surface area contributed by atoms with Gasteiger partial charge in [0.1, 0.15) is 11.9 Å². The molecular weight excluding hydrogens is 288 g/mol. The summed E-state index contributed by atoms with van der Waals surface area (Å²) in [6, 6.07) is 5.64. The number of benzene rings is 1. The second-order valence-corrected chi connectivity index (χ2v) is 6.09. The number of hydrogen-bond donors (Lipinski definition) is 1. The van der Waals surface area contributed by atoms with Gasteiger partial charge in [0, 0.05) is 6.61 Å². The second-order valence-electron chi connectivity index (χ2n) is 5.13. The van der Waals surface area contributed by atoms with Crippen LogP contribution in [0.1, 0.15) is 30.3 Å². The highest BCUT2D eigenvalue weighted by molar-refractivity contribution is 7.19. The van der Waals surface area contributed by atoms with Crippen molar-refractivity contribution in [3.63, 3.8) is 0 Å². The first-order valence-electron chi connectivity index (χ1n) is 6.87. The zero-order valence-electron chi connectivity index (χ0n) is 11.5. The first-order chi connectivity index (χ1) is 10.2. The van der Waals surface area contributed by atoms with E-state index in [0.717, 1.165) is 46.4 Å². The minimum atomic E-state index is -0.0268. The van der Waals surface area contributed by atoms with Gasteiger partial charge in [-0.1, -0.05) is 23.5 Å². The molecule has 1 N–H and O–H groups in total. The van der Waals surface area contributed by atoms with Crippen molar-refractivity contribution < 1.29 is 9.84 Å². The van der Waals surface area contributed by atoms with Gasteiger partial charge >= 0.3 is 0 Å². The molecule has 0 bridgehead atoms. The van der Waals surface area contributed by atoms with Crippen molar-refractivity contribution in [3.05, 3.63) is 29.6 Å². The monoisotopic (exact) mass is 302 g/mol. The van der Waals surface area contributed by atoms with E-state index >= 15 is 0 Å². The summed E-state index contributed by atoms with van der Waals surface area (Å²) in [5.74, 6) is 1.01. The quantitative estimate of drug-likeness (QED) is 0.788. The van der Waals surface area contributed by atoms with Crippen molar-refractivity contribution >= 4 is 16.3 Å². The van der Waals surface area contributed by atoms with Gasteiger partial charge in [0.25, 0.3) is 0 Å². The standard InChI is InChI=1S/C14H14N4O2S/c1-8-4-2-5-9(11(8)19)13-17-18-12(10-6-3-7-20-10)15-16-14(18)21-13/h2,4-5,10,19H,3,6-7H2,1H3. The molecular formula is C14H14N4O2S. The van der Waals surface area contributed by atoms with Crippen LogP contribution in [0.4, 0.5) is 0 Å². The summed E-state index contributed by atoms with van der Waals surface area (Å²) in [5.41, 5.74) is 1.56. The predicted octanol–water partition coefficient (Wildman–Crippen LogP) is 2.72. The molecule has 6 nitrogen and oxygen atoms in total. The molecule has 1 unspecified atom stereocenters. The molecule has 0 saturated carbocycles. The zero-order valence-corrected chi connectivity index (χ0v) is 12.3. The summed E-state index contributed by atoms with van der Waals surface area (Å²) in [5, 5.41) is 23.8. The van der Waals surface area contributed by atoms with Crippen LogP contribution >= 0.6 is 11.3 Å². The molecule has 2 aromatic heterocycles. The third kappa shape index (κ3) is 2.00. The average Bonchev–Trinajstić information content (AvgIpc) is 3.16. The number of fused-ring (bicyclic) bond motifs is 1. The molecule has 0 amide bonds. The van der Waals surface area contributed by atoms with E-state index in [1.54, 1.807) is 4.52 Å². The highest BCUT2D eigenvalue weighted by atomic mass is 32.1. The smallest absolute Gasteiger partial charge is 0.235 e. The topological polar surface area (TPSA) is 72.5 Å². The maximum atomic E-state index is 10.2. The van der Waals surface area contributed by atoms with Crippen LogP contribution in [0.15, 0.2) is 18.2 Å². The Bertz CT molecular complexity index is 805. The third-order valence-corrected chi connectivity index (χ3v) is 4.63. The van der Waals surface area contributed by atoms with E-state index in [2.05, 4.69) is 15.3 Å². The van der Waals surface area contributed by atoms with E-state index < -0.39 is 0 Å². The van der Waals surface area contributed by atoms with Crippen molar-refractivity contribution in [2.24, 2.45) is 0 Å². The van der Waals surface area contributed by atoms with Crippen molar-refractivity contribution in [2.75, 3.05) is 6.61 Å². The molecule has 108 valence electrons. The number of aromatic nitrogens is 4. The molecule has 3 aromatic rings. The highest BCUT2D eigenvalue weighted by Gasteiger charge is 2.25. The summed E-state index contributed by atoms with van der Waals surface area (Å²) in [4.78, 5) is 0.719. The number of hydrogen-bond acceptors (Lipinski definition) is 6. The molecule has 3 heterocycles. The second kappa shape index (κ2) is 4.78. The van der Waals surface area contributed by atoms with Crippen molar-refractivity contribution in [2.45, 2.75) is 25.9 Å². The summed E-state index contributed by atoms with van der Waals surface area (Å²) in [6.07, 6.45) is 1.96. The Morgan fingerprint density at radius 3 is 3.10 bits per heavy atom. The maximum absolute atomic E-state index is 10.2. The fourth-order valence-electron chi connectivity index (χ4n) is 2.55. The number of phenols is 1. The van der Waals surface area contributed by atoms with Gasteiger partial charge in [-0.15, -0.1) is 10.2 Å². The third-order valence-electron chi connectivity index (χ3n) is 3.70. The maximum Gasteiger partial charge on any atom is 0.235 e. The van der Waals surface area contributed by atoms with Gasteiger partial charge in [-0.25, -0.2) is 0 Å². The molecule has 0 aliphatic carbocycles. The minimum Gasteiger partial charge on any atom is -0.507 e. The lowest BCUT2D eigenvalue weighted by atomic mass is 10.1. The molecule has 0 spiro atoms. The SMILES string of the molecule is Cc1cccc(-c2nn3c(C4CCCO4)nnc3s2)c1O. The molecule has 1 aliphatic heterocycles. The molecule has 1 fully saturated rings. The molecule has 7 heteroatoms. The Hall–Kier alpha value is -1.99. The van der Waals surface area contributed by atoms with Crippen LogP contribution < -0.4 is 0 Å². The Kier molecular flexibility index (Phi) is 2.90. The molecule has 1 aromatic carbocycles. The summed E-state index contributed by atoms with van der Waals surface area (Å²) >= 11 is 1.42. The Balaban J connectivity index is 1.82. The van der Waals surface area contributed by atoms with E-state index in [1.807, 2.05) is 25.1 Å². The van der Waals surface area contributed by atoms with Crippen LogP contribution in [0.25, 0.3) is 15.5 Å². The van der Waals surface area contributed by atoms with Gasteiger partial charge < -0.3 is 9.84 Å². The predicted molar refractivity (Wildman–Crippen MR) is 78.4 cm³/mol. The number of ether oxygens (including phenoxy) is 1. The first kappa shape index (κ1) is 12.7. The van der Waals surface area contributed by atoms with Crippen LogP contribution in [0, 0.1) is 6.92 Å². The molecule has 1 aliphatic rings. The molecule has 21 heavy (non-hydrogen) atoms. The van der Waals surface area contributed by atoms with E-state index in [1.165, 1.54) is 11.3 Å². The van der Waals surface area contributed by atoms with E-state index in [-0.39, 0.29) is 11.9 Å². The van der Waals surface area contributed by atoms with Crippen LogP contribution in [-0.4, -0.2) is 31.5 Å². The molecule has 1 saturated heterocycles. The van der Waals surface area contributed by atoms with Crippen molar-refractivity contribution in [1.82, 2.24) is 19.8 Å². The van der Waals surface area contributed by atoms with E-state index in [0.29, 0.717) is 0 Å². The first-order valence-corrected chi connectivity index (χ1v) is 7.68. The number of aryl methyl sites for hydroxylation is 1. The van der Waals surface area contributed by atoms with Crippen molar-refractivity contribution in [3.8, 4) is 16.3 Å². The average molecular weight is 302 g/mol. The Labute approximate surface area is 125 Å². The van der Waals surface area contributed by atoms with Crippen LogP contribution in [-0.2, 0) is 4.74 Å². The largest absolute Gasteiger partial charge is 0.507 e. The summed E-state index contributed by atoms with van der Waals surface area (Å²) < 4.78 is 7.39. The number of nitrogens with zero attached hydrogens (tertiary/aromatic N) is 4. The zero-order chi connectivity index (χ0) is 14.4. The van der Waals surface area contributed by atoms with Crippen LogP contribution in [0.2, 0.25) is 0 Å². The van der Waals surface area contributed by atoms with Gasteiger partial charge in [0.05, 0.1) is 5.56 Å². The number of aromatic hydroxyl groups is 1. The minimum absolute atomic E-state index is 0.0268. The van der Waals surface area contributed by atoms with Gasteiger partial charge in [-0.3, -0.25) is 0 Å². The van der Waals surface area contributed by atoms with Gasteiger partial charge in [-0.05, 0) is 31.4 Å².